The third-order valence-corrected chi connectivity index (χ3v) is 3.69. The fourth-order valence-electron chi connectivity index (χ4n) is 2.38. The topological polar surface area (TPSA) is 65.5 Å². The molecule has 0 aliphatic rings. The first-order valence-corrected chi connectivity index (χ1v) is 8.04. The summed E-state index contributed by atoms with van der Waals surface area (Å²) in [6.45, 7) is 4.76. The van der Waals surface area contributed by atoms with Gasteiger partial charge in [-0.1, -0.05) is 29.8 Å². The van der Waals surface area contributed by atoms with E-state index in [9.17, 15) is 9.18 Å². The zero-order valence-corrected chi connectivity index (χ0v) is 17.4. The van der Waals surface area contributed by atoms with Crippen LogP contribution in [0.3, 0.4) is 0 Å². The van der Waals surface area contributed by atoms with Crippen molar-refractivity contribution in [1.29, 1.82) is 0 Å². The van der Waals surface area contributed by atoms with Gasteiger partial charge in [0.2, 0.25) is 5.91 Å². The van der Waals surface area contributed by atoms with Crippen molar-refractivity contribution < 1.29 is 9.18 Å². The second-order valence-corrected chi connectivity index (χ2v) is 5.77. The van der Waals surface area contributed by atoms with Gasteiger partial charge in [-0.3, -0.25) is 9.79 Å². The molecule has 0 saturated heterocycles. The first-order valence-electron chi connectivity index (χ1n) is 8.04. The normalized spacial score (nSPS) is 10.7. The van der Waals surface area contributed by atoms with Crippen molar-refractivity contribution in [2.45, 2.75) is 20.4 Å². The molecule has 0 aliphatic heterocycles. The molecule has 2 aromatic carbocycles. The number of benzene rings is 2. The maximum absolute atomic E-state index is 13.1. The Kier molecular flexibility index (Phi) is 9.04. The number of carbonyl (C=O) groups is 1. The van der Waals surface area contributed by atoms with E-state index in [0.29, 0.717) is 18.2 Å². The minimum Gasteiger partial charge on any atom is -0.352 e. The maximum atomic E-state index is 13.1. The fraction of sp³-hybridized carbons (Fsp3) is 0.263. The Labute approximate surface area is 170 Å². The van der Waals surface area contributed by atoms with E-state index in [2.05, 4.69) is 53.0 Å². The highest BCUT2D eigenvalue weighted by molar-refractivity contribution is 14.0. The smallest absolute Gasteiger partial charge is 0.243 e. The van der Waals surface area contributed by atoms with Crippen molar-refractivity contribution in [3.63, 3.8) is 0 Å². The summed E-state index contributed by atoms with van der Waals surface area (Å²) in [5, 5.41) is 8.74. The van der Waals surface area contributed by atoms with E-state index in [-0.39, 0.29) is 36.4 Å². The van der Waals surface area contributed by atoms with Crippen LogP contribution in [0.25, 0.3) is 0 Å². The molecule has 0 bridgehead atoms. The summed E-state index contributed by atoms with van der Waals surface area (Å²) in [5.41, 5.74) is 4.01. The third-order valence-electron chi connectivity index (χ3n) is 3.69. The van der Waals surface area contributed by atoms with Crippen molar-refractivity contribution in [1.82, 2.24) is 10.6 Å². The number of amides is 1. The first-order chi connectivity index (χ1) is 12.0. The molecule has 2 rings (SSSR count). The highest BCUT2D eigenvalue weighted by Gasteiger charge is 2.06. The number of hydrogen-bond donors (Lipinski definition) is 3. The molecule has 0 radical (unpaired) electrons. The largest absolute Gasteiger partial charge is 0.352 e. The van der Waals surface area contributed by atoms with Gasteiger partial charge >= 0.3 is 0 Å². The Balaban J connectivity index is 0.00000338. The highest BCUT2D eigenvalue weighted by atomic mass is 127. The van der Waals surface area contributed by atoms with Gasteiger partial charge in [0.15, 0.2) is 5.96 Å². The average molecular weight is 470 g/mol. The zero-order chi connectivity index (χ0) is 18.2. The molecule has 7 heteroatoms. The molecule has 1 amide bonds. The van der Waals surface area contributed by atoms with Crippen molar-refractivity contribution in [3.05, 3.63) is 65.0 Å². The molecule has 3 N–H and O–H groups in total. The molecule has 26 heavy (non-hydrogen) atoms. The lowest BCUT2D eigenvalue weighted by atomic mass is 10.1. The van der Waals surface area contributed by atoms with Crippen LogP contribution in [-0.4, -0.2) is 25.5 Å². The Morgan fingerprint density at radius 2 is 1.88 bits per heavy atom. The Morgan fingerprint density at radius 3 is 2.54 bits per heavy atom. The maximum Gasteiger partial charge on any atom is 0.243 e. The molecule has 0 heterocycles. The predicted octanol–water partition coefficient (Wildman–Crippen LogP) is 3.36. The summed E-state index contributed by atoms with van der Waals surface area (Å²) in [4.78, 5) is 16.0. The summed E-state index contributed by atoms with van der Waals surface area (Å²) < 4.78 is 13.1. The van der Waals surface area contributed by atoms with Gasteiger partial charge in [-0.2, -0.15) is 0 Å². The van der Waals surface area contributed by atoms with Crippen molar-refractivity contribution in [3.8, 4) is 0 Å². The van der Waals surface area contributed by atoms with E-state index in [4.69, 9.17) is 0 Å². The molecule has 0 fully saturated rings. The Hall–Kier alpha value is -2.16. The second kappa shape index (κ2) is 10.7. The number of nitrogens with zero attached hydrogens (tertiary/aromatic N) is 1. The molecular formula is C19H24FIN4O. The summed E-state index contributed by atoms with van der Waals surface area (Å²) in [7, 11) is 1.64. The number of aryl methyl sites for hydroxylation is 2. The van der Waals surface area contributed by atoms with E-state index in [1.807, 2.05) is 0 Å². The Morgan fingerprint density at radius 1 is 1.12 bits per heavy atom. The number of carbonyl (C=O) groups excluding carboxylic acids is 1. The lowest BCUT2D eigenvalue weighted by Gasteiger charge is -2.13. The number of anilines is 1. The van der Waals surface area contributed by atoms with Crippen LogP contribution in [0.2, 0.25) is 0 Å². The first kappa shape index (κ1) is 21.9. The molecule has 0 saturated carbocycles. The molecule has 0 unspecified atom stereocenters. The molecule has 0 spiro atoms. The molecule has 2 aromatic rings. The summed E-state index contributed by atoms with van der Waals surface area (Å²) in [5.74, 6) is -0.147. The average Bonchev–Trinajstić information content (AvgIpc) is 2.56. The fourth-order valence-corrected chi connectivity index (χ4v) is 2.38. The van der Waals surface area contributed by atoms with Crippen LogP contribution in [-0.2, 0) is 11.3 Å². The third kappa shape index (κ3) is 6.99. The number of hydrogen-bond acceptors (Lipinski definition) is 2. The van der Waals surface area contributed by atoms with E-state index in [1.165, 1.54) is 23.3 Å². The van der Waals surface area contributed by atoms with Crippen LogP contribution in [0.15, 0.2) is 47.5 Å². The van der Waals surface area contributed by atoms with Crippen molar-refractivity contribution in [2.75, 3.05) is 18.9 Å². The van der Waals surface area contributed by atoms with Crippen LogP contribution in [0.1, 0.15) is 16.7 Å². The van der Waals surface area contributed by atoms with E-state index >= 15 is 0 Å². The number of nitrogens with one attached hydrogen (secondary N) is 3. The van der Waals surface area contributed by atoms with Gasteiger partial charge in [-0.25, -0.2) is 4.39 Å². The van der Waals surface area contributed by atoms with Crippen molar-refractivity contribution >= 4 is 41.5 Å². The lowest BCUT2D eigenvalue weighted by Crippen LogP contribution is -2.41. The van der Waals surface area contributed by atoms with Crippen molar-refractivity contribution in [2.24, 2.45) is 4.99 Å². The molecule has 140 valence electrons. The zero-order valence-electron chi connectivity index (χ0n) is 15.1. The number of halogens is 2. The minimum absolute atomic E-state index is 0. The van der Waals surface area contributed by atoms with Gasteiger partial charge in [0.25, 0.3) is 0 Å². The highest BCUT2D eigenvalue weighted by Crippen LogP contribution is 2.10. The van der Waals surface area contributed by atoms with Gasteiger partial charge in [0.05, 0.1) is 6.54 Å². The predicted molar refractivity (Wildman–Crippen MR) is 115 cm³/mol. The molecule has 0 aliphatic carbocycles. The van der Waals surface area contributed by atoms with Gasteiger partial charge in [0.1, 0.15) is 5.82 Å². The molecule has 0 aromatic heterocycles. The second-order valence-electron chi connectivity index (χ2n) is 5.77. The monoisotopic (exact) mass is 470 g/mol. The Bertz CT molecular complexity index is 780. The van der Waals surface area contributed by atoms with Crippen LogP contribution in [0.4, 0.5) is 10.1 Å². The summed E-state index contributed by atoms with van der Waals surface area (Å²) >= 11 is 0. The molecule has 5 nitrogen and oxygen atoms in total. The number of aliphatic imine (C=N–C) groups is 1. The van der Waals surface area contributed by atoms with Gasteiger partial charge < -0.3 is 16.0 Å². The van der Waals surface area contributed by atoms with Crippen LogP contribution in [0.5, 0.6) is 0 Å². The molecular weight excluding hydrogens is 446 g/mol. The minimum atomic E-state index is -0.392. The van der Waals surface area contributed by atoms with Gasteiger partial charge in [-0.15, -0.1) is 24.0 Å². The van der Waals surface area contributed by atoms with E-state index in [0.717, 1.165) is 5.56 Å². The quantitative estimate of drug-likeness (QED) is 0.357. The number of rotatable bonds is 5. The number of guanidine groups is 1. The molecule has 0 atom stereocenters. The van der Waals surface area contributed by atoms with E-state index < -0.39 is 5.82 Å². The van der Waals surface area contributed by atoms with Gasteiger partial charge in [0, 0.05) is 19.3 Å². The van der Waals surface area contributed by atoms with E-state index in [1.54, 1.807) is 19.2 Å². The van der Waals surface area contributed by atoms with Gasteiger partial charge in [-0.05, 0) is 43.2 Å². The summed E-state index contributed by atoms with van der Waals surface area (Å²) in [6.07, 6.45) is 0. The lowest BCUT2D eigenvalue weighted by molar-refractivity contribution is -0.115. The summed E-state index contributed by atoms with van der Waals surface area (Å²) in [6, 6.07) is 12.0. The SMILES string of the molecule is CN=C(NCC(=O)Nc1cccc(F)c1)NCc1ccc(C)cc1C.I. The van der Waals surface area contributed by atoms with Crippen LogP contribution in [0, 0.1) is 19.7 Å². The van der Waals surface area contributed by atoms with Crippen LogP contribution < -0.4 is 16.0 Å². The standard InChI is InChI=1S/C19H23FN4O.HI/c1-13-7-8-15(14(2)9-13)11-22-19(21-3)23-12-18(25)24-17-6-4-5-16(20)10-17;/h4-10H,11-12H2,1-3H3,(H,24,25)(H2,21,22,23);1H. The van der Waals surface area contributed by atoms with Crippen LogP contribution >= 0.6 is 24.0 Å².